The summed E-state index contributed by atoms with van der Waals surface area (Å²) in [7, 11) is -1.45. The maximum atomic E-state index is 12.6. The summed E-state index contributed by atoms with van der Waals surface area (Å²) in [6.45, 7) is 1.85. The average Bonchev–Trinajstić information content (AvgIpc) is 3.33. The van der Waals surface area contributed by atoms with Crippen molar-refractivity contribution >= 4 is 35.1 Å². The largest absolute Gasteiger partial charge is 0.506 e. The van der Waals surface area contributed by atoms with Crippen molar-refractivity contribution in [3.05, 3.63) is 66.7 Å². The van der Waals surface area contributed by atoms with Gasteiger partial charge in [-0.05, 0) is 55.6 Å². The van der Waals surface area contributed by atoms with E-state index in [0.29, 0.717) is 16.4 Å². The summed E-state index contributed by atoms with van der Waals surface area (Å²) in [5.41, 5.74) is 2.33. The standard InChI is InChI=1S/C17H15N5O2S.CH4S/c1-12-17(19-16-8-5-14(23)11-21(12)16)20-25(24)15-6-3-13(4-7-15)22-10-2-9-18-22;1-2/h2-11,20,23H,1H3;2H,1H3. The molecule has 1 aromatic carbocycles. The fourth-order valence-corrected chi connectivity index (χ4v) is 3.41. The third-order valence-electron chi connectivity index (χ3n) is 3.85. The van der Waals surface area contributed by atoms with E-state index in [1.165, 1.54) is 0 Å². The van der Waals surface area contributed by atoms with Crippen molar-refractivity contribution in [1.82, 2.24) is 19.2 Å². The van der Waals surface area contributed by atoms with Gasteiger partial charge in [0.05, 0.1) is 22.5 Å². The minimum atomic E-state index is -1.45. The number of aromatic hydroxyl groups is 1. The number of imidazole rings is 1. The van der Waals surface area contributed by atoms with Crippen LogP contribution in [0.5, 0.6) is 5.75 Å². The third-order valence-corrected chi connectivity index (χ3v) is 4.93. The Hall–Kier alpha value is -2.78. The molecule has 4 aromatic rings. The molecule has 0 spiro atoms. The second-order valence-electron chi connectivity index (χ2n) is 5.48. The number of thiol groups is 1. The number of nitrogens with one attached hydrogen (secondary N) is 1. The van der Waals surface area contributed by atoms with Gasteiger partial charge >= 0.3 is 0 Å². The van der Waals surface area contributed by atoms with Gasteiger partial charge in [0.1, 0.15) is 11.4 Å². The first-order valence-electron chi connectivity index (χ1n) is 8.03. The number of benzene rings is 1. The molecule has 1 unspecified atom stereocenters. The van der Waals surface area contributed by atoms with E-state index in [-0.39, 0.29) is 5.75 Å². The summed E-state index contributed by atoms with van der Waals surface area (Å²) >= 11 is 3.53. The second kappa shape index (κ2) is 8.28. The van der Waals surface area contributed by atoms with Crippen molar-refractivity contribution in [2.75, 3.05) is 11.0 Å². The molecule has 9 heteroatoms. The summed E-state index contributed by atoms with van der Waals surface area (Å²) in [5.74, 6) is 0.662. The molecule has 27 heavy (non-hydrogen) atoms. The molecule has 0 radical (unpaired) electrons. The highest BCUT2D eigenvalue weighted by Crippen LogP contribution is 2.21. The van der Waals surface area contributed by atoms with Crippen LogP contribution in [-0.4, -0.2) is 34.7 Å². The average molecular weight is 402 g/mol. The molecule has 1 atom stereocenters. The second-order valence-corrected chi connectivity index (χ2v) is 6.69. The first-order chi connectivity index (χ1) is 13.1. The Bertz CT molecular complexity index is 1060. The highest BCUT2D eigenvalue weighted by molar-refractivity contribution is 7.86. The fraction of sp³-hybridized carbons (Fsp3) is 0.111. The predicted octanol–water partition coefficient (Wildman–Crippen LogP) is 3.21. The third kappa shape index (κ3) is 3.99. The summed E-state index contributed by atoms with van der Waals surface area (Å²) in [5, 5.41) is 13.8. The summed E-state index contributed by atoms with van der Waals surface area (Å²) < 4.78 is 19.0. The van der Waals surface area contributed by atoms with Crippen molar-refractivity contribution in [2.45, 2.75) is 11.8 Å². The molecule has 0 saturated heterocycles. The number of pyridine rings is 1. The Kier molecular flexibility index (Phi) is 5.82. The maximum absolute atomic E-state index is 12.6. The lowest BCUT2D eigenvalue weighted by atomic mass is 10.3. The first kappa shape index (κ1) is 19.0. The number of nitrogens with zero attached hydrogens (tertiary/aromatic N) is 4. The van der Waals surface area contributed by atoms with E-state index in [1.807, 2.05) is 31.3 Å². The van der Waals surface area contributed by atoms with Gasteiger partial charge in [-0.2, -0.15) is 17.7 Å². The van der Waals surface area contributed by atoms with E-state index >= 15 is 0 Å². The van der Waals surface area contributed by atoms with E-state index in [9.17, 15) is 9.32 Å². The summed E-state index contributed by atoms with van der Waals surface area (Å²) in [4.78, 5) is 5.05. The van der Waals surface area contributed by atoms with Gasteiger partial charge in [-0.1, -0.05) is 0 Å². The van der Waals surface area contributed by atoms with Crippen LogP contribution in [0.1, 0.15) is 5.69 Å². The maximum Gasteiger partial charge on any atom is 0.160 e. The van der Waals surface area contributed by atoms with Crippen molar-refractivity contribution in [2.24, 2.45) is 0 Å². The van der Waals surface area contributed by atoms with Crippen LogP contribution in [0.25, 0.3) is 11.3 Å². The molecular formula is C18H19N5O2S2. The van der Waals surface area contributed by atoms with E-state index in [2.05, 4.69) is 27.4 Å². The molecule has 140 valence electrons. The van der Waals surface area contributed by atoms with Gasteiger partial charge in [0.25, 0.3) is 0 Å². The van der Waals surface area contributed by atoms with Crippen molar-refractivity contribution in [3.8, 4) is 11.4 Å². The van der Waals surface area contributed by atoms with Crippen LogP contribution in [0.15, 0.2) is 66.0 Å². The zero-order chi connectivity index (χ0) is 19.4. The van der Waals surface area contributed by atoms with Gasteiger partial charge < -0.3 is 5.11 Å². The molecule has 3 heterocycles. The quantitative estimate of drug-likeness (QED) is 0.459. The molecule has 0 fully saturated rings. The molecular weight excluding hydrogens is 382 g/mol. The van der Waals surface area contributed by atoms with Crippen molar-refractivity contribution in [1.29, 1.82) is 0 Å². The number of rotatable bonds is 4. The Balaban J connectivity index is 0.00000102. The number of fused-ring (bicyclic) bond motifs is 1. The van der Waals surface area contributed by atoms with Gasteiger partial charge in [0.2, 0.25) is 0 Å². The van der Waals surface area contributed by atoms with Gasteiger partial charge in [-0.3, -0.25) is 9.12 Å². The molecule has 0 aliphatic heterocycles. The lowest BCUT2D eigenvalue weighted by Gasteiger charge is -2.06. The number of anilines is 1. The van der Waals surface area contributed by atoms with E-state index in [4.69, 9.17) is 0 Å². The zero-order valence-electron chi connectivity index (χ0n) is 14.8. The Morgan fingerprint density at radius 1 is 1.15 bits per heavy atom. The van der Waals surface area contributed by atoms with Crippen LogP contribution in [-0.2, 0) is 11.0 Å². The van der Waals surface area contributed by atoms with Crippen LogP contribution in [0, 0.1) is 6.92 Å². The van der Waals surface area contributed by atoms with E-state index < -0.39 is 11.0 Å². The van der Waals surface area contributed by atoms with Gasteiger partial charge in [0, 0.05) is 12.4 Å². The Morgan fingerprint density at radius 2 is 1.89 bits per heavy atom. The molecule has 3 aromatic heterocycles. The van der Waals surface area contributed by atoms with Gasteiger partial charge in [0.15, 0.2) is 16.8 Å². The molecule has 7 nitrogen and oxygen atoms in total. The molecule has 0 saturated carbocycles. The molecule has 0 aliphatic rings. The van der Waals surface area contributed by atoms with E-state index in [0.717, 1.165) is 11.4 Å². The molecule has 0 bridgehead atoms. The predicted molar refractivity (Wildman–Crippen MR) is 110 cm³/mol. The topological polar surface area (TPSA) is 84.5 Å². The zero-order valence-corrected chi connectivity index (χ0v) is 16.5. The minimum absolute atomic E-state index is 0.148. The van der Waals surface area contributed by atoms with Gasteiger partial charge in [-0.15, -0.1) is 0 Å². The van der Waals surface area contributed by atoms with Crippen molar-refractivity contribution < 1.29 is 9.32 Å². The molecule has 0 aliphatic carbocycles. The number of hydrogen-bond acceptors (Lipinski definition) is 5. The highest BCUT2D eigenvalue weighted by atomic mass is 32.2. The molecule has 4 rings (SSSR count). The number of aromatic nitrogens is 4. The lowest BCUT2D eigenvalue weighted by Crippen LogP contribution is -2.06. The normalized spacial score (nSPS) is 11.7. The molecule has 0 amide bonds. The number of hydrogen-bond donors (Lipinski definition) is 3. The van der Waals surface area contributed by atoms with Crippen LogP contribution in [0.3, 0.4) is 0 Å². The van der Waals surface area contributed by atoms with E-state index in [1.54, 1.807) is 52.0 Å². The minimum Gasteiger partial charge on any atom is -0.506 e. The Labute approximate surface area is 164 Å². The summed E-state index contributed by atoms with van der Waals surface area (Å²) in [6.07, 6.45) is 6.82. The fourth-order valence-electron chi connectivity index (χ4n) is 2.54. The lowest BCUT2D eigenvalue weighted by molar-refractivity contribution is 0.472. The highest BCUT2D eigenvalue weighted by Gasteiger charge is 2.12. The van der Waals surface area contributed by atoms with Crippen LogP contribution in [0.4, 0.5) is 5.82 Å². The van der Waals surface area contributed by atoms with Crippen molar-refractivity contribution in [3.63, 3.8) is 0 Å². The SMILES string of the molecule is CS.Cc1c(NS(=O)c2ccc(-n3cccn3)cc2)nc2ccc(O)cn12. The summed E-state index contributed by atoms with van der Waals surface area (Å²) in [6, 6.07) is 12.4. The molecule has 2 N–H and O–H groups in total. The number of aryl methyl sites for hydroxylation is 1. The van der Waals surface area contributed by atoms with Gasteiger partial charge in [-0.25, -0.2) is 13.9 Å². The van der Waals surface area contributed by atoms with Crippen LogP contribution in [0.2, 0.25) is 0 Å². The van der Waals surface area contributed by atoms with Crippen LogP contribution >= 0.6 is 12.6 Å². The van der Waals surface area contributed by atoms with Crippen LogP contribution < -0.4 is 4.72 Å². The Morgan fingerprint density at radius 3 is 2.56 bits per heavy atom. The monoisotopic (exact) mass is 401 g/mol. The smallest absolute Gasteiger partial charge is 0.160 e. The first-order valence-corrected chi connectivity index (χ1v) is 10.1.